The normalized spacial score (nSPS) is 14.4. The fourth-order valence-corrected chi connectivity index (χ4v) is 5.77. The van der Waals surface area contributed by atoms with E-state index in [4.69, 9.17) is 22.3 Å². The summed E-state index contributed by atoms with van der Waals surface area (Å²) < 4.78 is 37.2. The van der Waals surface area contributed by atoms with E-state index in [1.54, 1.807) is 0 Å². The fourth-order valence-electron chi connectivity index (χ4n) is 5.77. The van der Waals surface area contributed by atoms with E-state index in [9.17, 15) is 20.4 Å². The largest absolute Gasteiger partial charge is 0.394 e. The molecule has 9 nitrogen and oxygen atoms in total. The van der Waals surface area contributed by atoms with Gasteiger partial charge in [-0.15, -0.1) is 0 Å². The Kier molecular flexibility index (Phi) is 34.5. The van der Waals surface area contributed by atoms with Crippen molar-refractivity contribution in [1.82, 2.24) is 0 Å². The second-order valence-electron chi connectivity index (χ2n) is 13.7. The molecule has 0 aromatic carbocycles. The van der Waals surface area contributed by atoms with Crippen LogP contribution in [-0.2, 0) is 15.1 Å². The smallest absolute Gasteiger partial charge is 0.393 e. The van der Waals surface area contributed by atoms with Gasteiger partial charge in [-0.2, -0.15) is 8.42 Å². The van der Waals surface area contributed by atoms with Gasteiger partial charge in [0.15, 0.2) is 0 Å². The molecule has 0 heterocycles. The summed E-state index contributed by atoms with van der Waals surface area (Å²) in [6, 6.07) is 0. The van der Waals surface area contributed by atoms with Crippen LogP contribution < -0.4 is 0 Å². The number of aliphatic hydroxyl groups excluding tert-OH is 2. The summed E-state index contributed by atoms with van der Waals surface area (Å²) in [5.41, 5.74) is -2.55. The van der Waals surface area contributed by atoms with Crippen LogP contribution in [0, 0.1) is 0 Å². The van der Waals surface area contributed by atoms with Gasteiger partial charge in [-0.3, -0.25) is 9.11 Å². The summed E-state index contributed by atoms with van der Waals surface area (Å²) in [5.74, 6) is 0. The summed E-state index contributed by atoms with van der Waals surface area (Å²) in [5, 5.41) is 41.0. The maximum Gasteiger partial charge on any atom is 0.394 e. The molecular weight excluding hydrogens is 608 g/mol. The van der Waals surface area contributed by atoms with Crippen molar-refractivity contribution in [2.45, 2.75) is 205 Å². The molecule has 0 spiro atoms. The van der Waals surface area contributed by atoms with Gasteiger partial charge in [-0.05, 0) is 12.8 Å². The monoisotopic (exact) mass is 685 g/mol. The number of ether oxygens (including phenoxy) is 1. The van der Waals surface area contributed by atoms with Crippen molar-refractivity contribution >= 4 is 10.4 Å². The molecule has 0 aliphatic carbocycles. The number of hydrogen-bond acceptors (Lipinski definition) is 7. The molecule has 46 heavy (non-hydrogen) atoms. The molecule has 2 atom stereocenters. The minimum absolute atomic E-state index is 0.0112. The van der Waals surface area contributed by atoms with Crippen molar-refractivity contribution < 1.29 is 42.7 Å². The molecule has 0 radical (unpaired) electrons. The molecule has 0 rings (SSSR count). The summed E-state index contributed by atoms with van der Waals surface area (Å²) in [6.45, 7) is 3.81. The minimum Gasteiger partial charge on any atom is -0.393 e. The third-order valence-corrected chi connectivity index (χ3v) is 8.82. The van der Waals surface area contributed by atoms with Crippen molar-refractivity contribution in [3.05, 3.63) is 0 Å². The molecule has 0 saturated heterocycles. The number of rotatable bonds is 34. The minimum atomic E-state index is -4.67. The van der Waals surface area contributed by atoms with E-state index in [2.05, 4.69) is 13.8 Å². The lowest BCUT2D eigenvalue weighted by Gasteiger charge is -2.30. The van der Waals surface area contributed by atoms with E-state index < -0.39 is 21.6 Å². The van der Waals surface area contributed by atoms with Gasteiger partial charge in [0.25, 0.3) is 0 Å². The maximum absolute atomic E-state index is 10.7. The molecule has 280 valence electrons. The molecule has 0 aromatic heterocycles. The zero-order chi connectivity index (χ0) is 34.8. The predicted octanol–water partition coefficient (Wildman–Crippen LogP) is 8.76. The number of aliphatic hydroxyl groups is 4. The van der Waals surface area contributed by atoms with Crippen molar-refractivity contribution in [3.63, 3.8) is 0 Å². The maximum atomic E-state index is 10.7. The molecule has 0 aromatic rings. The molecular formula is C36H76O9S. The molecule has 0 aliphatic rings. The van der Waals surface area contributed by atoms with Crippen LogP contribution in [0.4, 0.5) is 0 Å². The topological polar surface area (TPSA) is 165 Å². The molecule has 0 aliphatic heterocycles. The molecule has 6 N–H and O–H groups in total. The average molecular weight is 685 g/mol. The van der Waals surface area contributed by atoms with E-state index in [0.29, 0.717) is 12.8 Å². The Hall–Kier alpha value is -0.330. The SMILES string of the molecule is CCCCCCCCCCCCCCCC(O)(CO)COCC(O)(CO)CCCCCCCCCCCCCCC.O=S(=O)(O)O. The molecule has 0 fully saturated rings. The number of unbranched alkanes of at least 4 members (excludes halogenated alkanes) is 24. The van der Waals surface area contributed by atoms with E-state index in [1.807, 2.05) is 0 Å². The van der Waals surface area contributed by atoms with E-state index in [1.165, 1.54) is 141 Å². The zero-order valence-electron chi connectivity index (χ0n) is 29.9. The number of hydrogen-bond donors (Lipinski definition) is 6. The average Bonchev–Trinajstić information content (AvgIpc) is 3.01. The van der Waals surface area contributed by atoms with E-state index in [0.717, 1.165) is 25.7 Å². The van der Waals surface area contributed by atoms with Gasteiger partial charge >= 0.3 is 10.4 Å². The molecule has 2 unspecified atom stereocenters. The summed E-state index contributed by atoms with van der Waals surface area (Å²) in [7, 11) is -4.67. The Morgan fingerprint density at radius 2 is 0.630 bits per heavy atom. The van der Waals surface area contributed by atoms with Gasteiger partial charge in [0.05, 0.1) is 26.4 Å². The van der Waals surface area contributed by atoms with Crippen molar-refractivity contribution in [2.75, 3.05) is 26.4 Å². The Morgan fingerprint density at radius 1 is 0.435 bits per heavy atom. The lowest BCUT2D eigenvalue weighted by molar-refractivity contribution is -0.129. The summed E-state index contributed by atoms with van der Waals surface area (Å²) in [4.78, 5) is 0. The predicted molar refractivity (Wildman–Crippen MR) is 190 cm³/mol. The molecule has 0 bridgehead atoms. The first-order valence-corrected chi connectivity index (χ1v) is 20.3. The van der Waals surface area contributed by atoms with Gasteiger partial charge in [0.2, 0.25) is 0 Å². The van der Waals surface area contributed by atoms with Crippen molar-refractivity contribution in [1.29, 1.82) is 0 Å². The first-order valence-electron chi connectivity index (χ1n) is 18.9. The Bertz CT molecular complexity index is 670. The lowest BCUT2D eigenvalue weighted by Crippen LogP contribution is -2.43. The van der Waals surface area contributed by atoms with Gasteiger partial charge in [0, 0.05) is 0 Å². The highest BCUT2D eigenvalue weighted by atomic mass is 32.3. The van der Waals surface area contributed by atoms with Crippen molar-refractivity contribution in [2.24, 2.45) is 0 Å². The Balaban J connectivity index is 0. The Labute approximate surface area is 283 Å². The summed E-state index contributed by atoms with van der Waals surface area (Å²) >= 11 is 0. The van der Waals surface area contributed by atoms with Crippen LogP contribution in [0.3, 0.4) is 0 Å². The van der Waals surface area contributed by atoms with Crippen LogP contribution >= 0.6 is 0 Å². The quantitative estimate of drug-likeness (QED) is 0.0287. The Morgan fingerprint density at radius 3 is 0.826 bits per heavy atom. The van der Waals surface area contributed by atoms with Gasteiger partial charge in [-0.1, -0.05) is 181 Å². The second kappa shape index (κ2) is 33.2. The fraction of sp³-hybridized carbons (Fsp3) is 1.00. The highest BCUT2D eigenvalue weighted by Crippen LogP contribution is 2.21. The lowest BCUT2D eigenvalue weighted by atomic mass is 9.95. The van der Waals surface area contributed by atoms with Gasteiger partial charge in [-0.25, -0.2) is 0 Å². The first kappa shape index (κ1) is 47.8. The van der Waals surface area contributed by atoms with Crippen LogP contribution in [0.15, 0.2) is 0 Å². The van der Waals surface area contributed by atoms with E-state index >= 15 is 0 Å². The van der Waals surface area contributed by atoms with Crippen LogP contribution in [0.2, 0.25) is 0 Å². The zero-order valence-corrected chi connectivity index (χ0v) is 30.8. The van der Waals surface area contributed by atoms with Crippen LogP contribution in [0.25, 0.3) is 0 Å². The highest BCUT2D eigenvalue weighted by molar-refractivity contribution is 7.79. The van der Waals surface area contributed by atoms with Gasteiger partial charge in [0.1, 0.15) is 11.2 Å². The van der Waals surface area contributed by atoms with Crippen LogP contribution in [0.5, 0.6) is 0 Å². The standard InChI is InChI=1S/C36H74O5.H2O4S/c1-3-5-7-9-11-13-15-17-19-21-23-25-27-29-35(39,31-37)33-41-34-36(40,32-38)30-28-26-24-22-20-18-16-14-12-10-8-6-4-2;1-5(2,3)4/h37-40H,3-34H2,1-2H3;(H2,1,2,3,4). The highest BCUT2D eigenvalue weighted by Gasteiger charge is 2.30. The van der Waals surface area contributed by atoms with Gasteiger partial charge < -0.3 is 25.2 Å². The van der Waals surface area contributed by atoms with Crippen LogP contribution in [-0.4, -0.2) is 75.6 Å². The van der Waals surface area contributed by atoms with Crippen molar-refractivity contribution in [3.8, 4) is 0 Å². The van der Waals surface area contributed by atoms with Crippen LogP contribution in [0.1, 0.15) is 194 Å². The molecule has 0 amide bonds. The molecule has 10 heteroatoms. The molecule has 0 saturated carbocycles. The summed E-state index contributed by atoms with van der Waals surface area (Å²) in [6.07, 6.45) is 34.1. The van der Waals surface area contributed by atoms with E-state index in [-0.39, 0.29) is 26.4 Å². The first-order chi connectivity index (χ1) is 21.9. The third-order valence-electron chi connectivity index (χ3n) is 8.82. The second-order valence-corrected chi connectivity index (χ2v) is 14.6. The third kappa shape index (κ3) is 38.1.